The first-order valence-electron chi connectivity index (χ1n) is 7.80. The zero-order valence-electron chi connectivity index (χ0n) is 13.4. The maximum atomic E-state index is 12.1. The minimum absolute atomic E-state index is 0.0581. The van der Waals surface area contributed by atoms with E-state index in [0.29, 0.717) is 6.54 Å². The number of pyridine rings is 1. The number of carbonyl (C=O) groups is 1. The lowest BCUT2D eigenvalue weighted by Crippen LogP contribution is -2.57. The second-order valence-corrected chi connectivity index (χ2v) is 5.89. The molecule has 0 unspecified atom stereocenters. The smallest absolute Gasteiger partial charge is 0.250 e. The van der Waals surface area contributed by atoms with Gasteiger partial charge in [-0.05, 0) is 19.4 Å². The molecule has 2 heterocycles. The van der Waals surface area contributed by atoms with E-state index in [-0.39, 0.29) is 23.6 Å². The summed E-state index contributed by atoms with van der Waals surface area (Å²) in [6, 6.07) is 4.87. The van der Waals surface area contributed by atoms with Crippen molar-refractivity contribution in [1.82, 2.24) is 14.8 Å². The lowest BCUT2D eigenvalue weighted by molar-refractivity contribution is -0.122. The highest BCUT2D eigenvalue weighted by molar-refractivity contribution is 5.75. The number of amides is 1. The summed E-state index contributed by atoms with van der Waals surface area (Å²) < 4.78 is 6.80. The van der Waals surface area contributed by atoms with Crippen LogP contribution in [0.15, 0.2) is 29.2 Å². The first-order chi connectivity index (χ1) is 10.5. The van der Waals surface area contributed by atoms with Crippen LogP contribution in [0.5, 0.6) is 0 Å². The Balaban J connectivity index is 1.91. The van der Waals surface area contributed by atoms with Crippen LogP contribution in [-0.4, -0.2) is 53.8 Å². The fourth-order valence-corrected chi connectivity index (χ4v) is 2.65. The highest BCUT2D eigenvalue weighted by Gasteiger charge is 2.31. The molecule has 1 aromatic heterocycles. The van der Waals surface area contributed by atoms with Crippen LogP contribution in [0.2, 0.25) is 0 Å². The van der Waals surface area contributed by atoms with Crippen molar-refractivity contribution < 1.29 is 9.53 Å². The zero-order valence-corrected chi connectivity index (χ0v) is 13.4. The van der Waals surface area contributed by atoms with Gasteiger partial charge in [-0.25, -0.2) is 0 Å². The Hall–Kier alpha value is -1.66. The zero-order chi connectivity index (χ0) is 16.0. The quantitative estimate of drug-likeness (QED) is 0.829. The second-order valence-electron chi connectivity index (χ2n) is 5.89. The molecule has 1 atom stereocenters. The van der Waals surface area contributed by atoms with E-state index in [1.165, 1.54) is 10.6 Å². The summed E-state index contributed by atoms with van der Waals surface area (Å²) in [5, 5.41) is 2.97. The number of carbonyl (C=O) groups excluding carboxylic acids is 1. The van der Waals surface area contributed by atoms with Crippen molar-refractivity contribution in [3.63, 3.8) is 0 Å². The van der Waals surface area contributed by atoms with Crippen molar-refractivity contribution in [3.05, 3.63) is 34.7 Å². The molecule has 1 N–H and O–H groups in total. The molecule has 1 saturated heterocycles. The number of aromatic nitrogens is 1. The van der Waals surface area contributed by atoms with Crippen LogP contribution < -0.4 is 10.9 Å². The number of hydrogen-bond donors (Lipinski definition) is 1. The third kappa shape index (κ3) is 4.18. The van der Waals surface area contributed by atoms with Crippen molar-refractivity contribution >= 4 is 5.91 Å². The van der Waals surface area contributed by atoms with Gasteiger partial charge in [0.1, 0.15) is 6.54 Å². The Labute approximate surface area is 131 Å². The van der Waals surface area contributed by atoms with Crippen LogP contribution in [0.25, 0.3) is 0 Å². The van der Waals surface area contributed by atoms with Crippen molar-refractivity contribution in [2.24, 2.45) is 0 Å². The average molecular weight is 307 g/mol. The Kier molecular flexibility index (Phi) is 5.74. The van der Waals surface area contributed by atoms with Gasteiger partial charge >= 0.3 is 0 Å². The van der Waals surface area contributed by atoms with E-state index >= 15 is 0 Å². The summed E-state index contributed by atoms with van der Waals surface area (Å²) in [6.07, 6.45) is 2.57. The summed E-state index contributed by atoms with van der Waals surface area (Å²) in [7, 11) is 0. The van der Waals surface area contributed by atoms with Crippen LogP contribution in [-0.2, 0) is 16.1 Å². The molecule has 0 spiro atoms. The molecule has 1 aliphatic heterocycles. The molecule has 1 amide bonds. The van der Waals surface area contributed by atoms with Crippen LogP contribution in [0.4, 0.5) is 0 Å². The number of rotatable bonds is 6. The third-order valence-corrected chi connectivity index (χ3v) is 4.42. The molecule has 0 aromatic carbocycles. The lowest BCUT2D eigenvalue weighted by atomic mass is 9.95. The number of ether oxygens (including phenoxy) is 1. The van der Waals surface area contributed by atoms with Gasteiger partial charge in [0.2, 0.25) is 5.91 Å². The fraction of sp³-hybridized carbons (Fsp3) is 0.625. The van der Waals surface area contributed by atoms with E-state index < -0.39 is 0 Å². The normalized spacial score (nSPS) is 18.6. The molecule has 1 aliphatic rings. The van der Waals surface area contributed by atoms with Crippen LogP contribution in [0.3, 0.4) is 0 Å². The maximum Gasteiger partial charge on any atom is 0.250 e. The molecule has 6 nitrogen and oxygen atoms in total. The highest BCUT2D eigenvalue weighted by Crippen LogP contribution is 2.19. The molecular formula is C16H25N3O3. The standard InChI is InChI=1S/C16H25N3O3/c1-3-16(2,19-8-10-22-11-9-19)13-17-14(20)12-18-7-5-4-6-15(18)21/h4-7H,3,8-13H2,1-2H3,(H,17,20)/t16-/m1/s1. The van der Waals surface area contributed by atoms with E-state index in [1.54, 1.807) is 18.3 Å². The van der Waals surface area contributed by atoms with E-state index in [4.69, 9.17) is 4.74 Å². The summed E-state index contributed by atoms with van der Waals surface area (Å²) in [5.74, 6) is -0.138. The van der Waals surface area contributed by atoms with E-state index in [1.807, 2.05) is 0 Å². The molecular weight excluding hydrogens is 282 g/mol. The fourth-order valence-electron chi connectivity index (χ4n) is 2.65. The molecule has 2 rings (SSSR count). The lowest BCUT2D eigenvalue weighted by Gasteiger charge is -2.43. The predicted octanol–water partition coefficient (Wildman–Crippen LogP) is 0.465. The topological polar surface area (TPSA) is 63.6 Å². The first-order valence-corrected chi connectivity index (χ1v) is 7.80. The highest BCUT2D eigenvalue weighted by atomic mass is 16.5. The number of hydrogen-bond acceptors (Lipinski definition) is 4. The van der Waals surface area contributed by atoms with Gasteiger partial charge in [-0.1, -0.05) is 13.0 Å². The molecule has 0 saturated carbocycles. The first kappa shape index (κ1) is 16.7. The molecule has 6 heteroatoms. The maximum absolute atomic E-state index is 12.1. The van der Waals surface area contributed by atoms with Crippen molar-refractivity contribution in [1.29, 1.82) is 0 Å². The summed E-state index contributed by atoms with van der Waals surface area (Å²) in [5.41, 5.74) is -0.245. The van der Waals surface area contributed by atoms with Crippen LogP contribution in [0, 0.1) is 0 Å². The van der Waals surface area contributed by atoms with Gasteiger partial charge in [-0.2, -0.15) is 0 Å². The second kappa shape index (κ2) is 7.56. The molecule has 0 bridgehead atoms. The van der Waals surface area contributed by atoms with Gasteiger partial charge in [-0.15, -0.1) is 0 Å². The van der Waals surface area contributed by atoms with Crippen molar-refractivity contribution in [3.8, 4) is 0 Å². The van der Waals surface area contributed by atoms with Gasteiger partial charge < -0.3 is 14.6 Å². The van der Waals surface area contributed by atoms with E-state index in [9.17, 15) is 9.59 Å². The van der Waals surface area contributed by atoms with Crippen LogP contribution in [0.1, 0.15) is 20.3 Å². The van der Waals surface area contributed by atoms with Gasteiger partial charge in [0.05, 0.1) is 13.2 Å². The average Bonchev–Trinajstić information content (AvgIpc) is 2.55. The number of nitrogens with zero attached hydrogens (tertiary/aromatic N) is 2. The number of morpholine rings is 1. The van der Waals surface area contributed by atoms with Gasteiger partial charge in [0, 0.05) is 37.4 Å². The monoisotopic (exact) mass is 307 g/mol. The SMILES string of the molecule is CC[C@](C)(CNC(=O)Cn1ccccc1=O)N1CCOCC1. The van der Waals surface area contributed by atoms with Gasteiger partial charge in [-0.3, -0.25) is 14.5 Å². The Morgan fingerprint density at radius 1 is 1.36 bits per heavy atom. The van der Waals surface area contributed by atoms with Gasteiger partial charge in [0.25, 0.3) is 5.56 Å². The largest absolute Gasteiger partial charge is 0.379 e. The van der Waals surface area contributed by atoms with E-state index in [0.717, 1.165) is 32.7 Å². The third-order valence-electron chi connectivity index (χ3n) is 4.42. The van der Waals surface area contributed by atoms with Crippen LogP contribution >= 0.6 is 0 Å². The predicted molar refractivity (Wildman–Crippen MR) is 84.8 cm³/mol. The molecule has 122 valence electrons. The van der Waals surface area contributed by atoms with Crippen molar-refractivity contribution in [2.75, 3.05) is 32.8 Å². The molecule has 1 aromatic rings. The van der Waals surface area contributed by atoms with Crippen molar-refractivity contribution in [2.45, 2.75) is 32.4 Å². The van der Waals surface area contributed by atoms with Gasteiger partial charge in [0.15, 0.2) is 0 Å². The molecule has 22 heavy (non-hydrogen) atoms. The summed E-state index contributed by atoms with van der Waals surface area (Å²) >= 11 is 0. The van der Waals surface area contributed by atoms with E-state index in [2.05, 4.69) is 24.1 Å². The molecule has 0 radical (unpaired) electrons. The number of nitrogens with one attached hydrogen (secondary N) is 1. The summed E-state index contributed by atoms with van der Waals surface area (Å²) in [4.78, 5) is 26.1. The molecule has 1 fully saturated rings. The summed E-state index contributed by atoms with van der Waals surface area (Å²) in [6.45, 7) is 8.17. The minimum Gasteiger partial charge on any atom is -0.379 e. The Morgan fingerprint density at radius 3 is 2.73 bits per heavy atom. The molecule has 0 aliphatic carbocycles. The Morgan fingerprint density at radius 2 is 2.09 bits per heavy atom. The minimum atomic E-state index is -0.163. The Bertz CT molecular complexity index is 552.